The molecule has 6 heteroatoms. The van der Waals surface area contributed by atoms with E-state index >= 15 is 0 Å². The lowest BCUT2D eigenvalue weighted by Crippen LogP contribution is -2.41. The molecule has 1 aliphatic carbocycles. The number of carbonyl (C=O) groups excluding carboxylic acids is 1. The Labute approximate surface area is 120 Å². The first-order valence-corrected chi connectivity index (χ1v) is 6.76. The van der Waals surface area contributed by atoms with E-state index in [1.807, 2.05) is 4.90 Å². The number of fused-ring (bicyclic) bond motifs is 1. The summed E-state index contributed by atoms with van der Waals surface area (Å²) in [4.78, 5) is 14.5. The Balaban J connectivity index is 0.00000133. The molecule has 0 aromatic rings. The molecule has 1 saturated carbocycles. The summed E-state index contributed by atoms with van der Waals surface area (Å²) in [5.74, 6) is 0.649. The summed E-state index contributed by atoms with van der Waals surface area (Å²) in [6.45, 7) is 3.95. The second-order valence-electron chi connectivity index (χ2n) is 6.25. The highest BCUT2D eigenvalue weighted by Gasteiger charge is 2.57. The number of amides is 1. The first kappa shape index (κ1) is 15.0. The number of hydrogen-bond donors (Lipinski definition) is 2. The Bertz CT molecular complexity index is 362. The molecular weight excluding hydrogens is 268 g/mol. The molecule has 3 fully saturated rings. The van der Waals surface area contributed by atoms with Crippen molar-refractivity contribution in [2.45, 2.75) is 12.8 Å². The van der Waals surface area contributed by atoms with Crippen LogP contribution in [0.3, 0.4) is 0 Å². The van der Waals surface area contributed by atoms with Gasteiger partial charge in [0.05, 0.1) is 18.6 Å². The number of halogens is 1. The Morgan fingerprint density at radius 3 is 2.79 bits per heavy atom. The van der Waals surface area contributed by atoms with E-state index in [-0.39, 0.29) is 35.8 Å². The van der Waals surface area contributed by atoms with Gasteiger partial charge in [0, 0.05) is 38.7 Å². The van der Waals surface area contributed by atoms with Gasteiger partial charge in [0.25, 0.3) is 0 Å². The van der Waals surface area contributed by atoms with Crippen molar-refractivity contribution in [3.63, 3.8) is 0 Å². The van der Waals surface area contributed by atoms with Gasteiger partial charge in [-0.1, -0.05) is 0 Å². The SMILES string of the molecule is COCC1(C(=O)N2CC3CNCC3(CO)C2)CC1.Cl. The maximum absolute atomic E-state index is 12.6. The predicted octanol–water partition coefficient (Wildman–Crippen LogP) is -0.125. The third-order valence-electron chi connectivity index (χ3n) is 5.01. The van der Waals surface area contributed by atoms with Crippen LogP contribution in [0.1, 0.15) is 12.8 Å². The number of methoxy groups -OCH3 is 1. The van der Waals surface area contributed by atoms with Crippen molar-refractivity contribution in [3.05, 3.63) is 0 Å². The zero-order valence-corrected chi connectivity index (χ0v) is 12.2. The van der Waals surface area contributed by atoms with Crippen molar-refractivity contribution >= 4 is 18.3 Å². The molecular formula is C13H23ClN2O3. The van der Waals surface area contributed by atoms with Crippen molar-refractivity contribution in [1.82, 2.24) is 10.2 Å². The molecule has 19 heavy (non-hydrogen) atoms. The van der Waals surface area contributed by atoms with E-state index in [9.17, 15) is 9.90 Å². The van der Waals surface area contributed by atoms with Crippen LogP contribution in [0.2, 0.25) is 0 Å². The molecule has 0 spiro atoms. The monoisotopic (exact) mass is 290 g/mol. The number of aliphatic hydroxyl groups excluding tert-OH is 1. The second kappa shape index (κ2) is 5.20. The lowest BCUT2D eigenvalue weighted by molar-refractivity contribution is -0.138. The van der Waals surface area contributed by atoms with E-state index in [0.29, 0.717) is 19.1 Å². The number of nitrogens with one attached hydrogen (secondary N) is 1. The summed E-state index contributed by atoms with van der Waals surface area (Å²) in [7, 11) is 1.66. The smallest absolute Gasteiger partial charge is 0.231 e. The van der Waals surface area contributed by atoms with E-state index < -0.39 is 0 Å². The van der Waals surface area contributed by atoms with Gasteiger partial charge in [-0.3, -0.25) is 4.79 Å². The van der Waals surface area contributed by atoms with Crippen LogP contribution in [0.25, 0.3) is 0 Å². The van der Waals surface area contributed by atoms with Crippen LogP contribution < -0.4 is 5.32 Å². The minimum absolute atomic E-state index is 0. The summed E-state index contributed by atoms with van der Waals surface area (Å²) in [6, 6.07) is 0. The molecule has 2 heterocycles. The molecule has 1 amide bonds. The van der Waals surface area contributed by atoms with Gasteiger partial charge in [-0.05, 0) is 18.8 Å². The average molecular weight is 291 g/mol. The Morgan fingerprint density at radius 1 is 1.53 bits per heavy atom. The lowest BCUT2D eigenvalue weighted by Gasteiger charge is -2.27. The number of hydrogen-bond acceptors (Lipinski definition) is 4. The molecule has 0 bridgehead atoms. The fraction of sp³-hybridized carbons (Fsp3) is 0.923. The van der Waals surface area contributed by atoms with E-state index in [0.717, 1.165) is 32.5 Å². The molecule has 110 valence electrons. The number of likely N-dealkylation sites (tertiary alicyclic amines) is 1. The molecule has 0 radical (unpaired) electrons. The fourth-order valence-corrected chi connectivity index (χ4v) is 3.58. The molecule has 2 saturated heterocycles. The largest absolute Gasteiger partial charge is 0.396 e. The van der Waals surface area contributed by atoms with Gasteiger partial charge >= 0.3 is 0 Å². The van der Waals surface area contributed by atoms with Gasteiger partial charge in [0.15, 0.2) is 0 Å². The maximum Gasteiger partial charge on any atom is 0.231 e. The summed E-state index contributed by atoms with van der Waals surface area (Å²) in [5, 5.41) is 13.0. The normalized spacial score (nSPS) is 34.8. The first-order valence-electron chi connectivity index (χ1n) is 6.76. The van der Waals surface area contributed by atoms with Gasteiger partial charge in [-0.15, -0.1) is 12.4 Å². The van der Waals surface area contributed by atoms with Crippen molar-refractivity contribution in [2.75, 3.05) is 46.5 Å². The van der Waals surface area contributed by atoms with E-state index in [1.54, 1.807) is 7.11 Å². The van der Waals surface area contributed by atoms with Crippen LogP contribution in [-0.4, -0.2) is 62.4 Å². The number of ether oxygens (including phenoxy) is 1. The van der Waals surface area contributed by atoms with Gasteiger partial charge in [-0.25, -0.2) is 0 Å². The highest BCUT2D eigenvalue weighted by Crippen LogP contribution is 2.49. The number of rotatable bonds is 4. The number of aliphatic hydroxyl groups is 1. The molecule has 3 rings (SSSR count). The lowest BCUT2D eigenvalue weighted by atomic mass is 9.82. The van der Waals surface area contributed by atoms with Crippen molar-refractivity contribution in [2.24, 2.45) is 16.7 Å². The van der Waals surface area contributed by atoms with Crippen molar-refractivity contribution in [3.8, 4) is 0 Å². The topological polar surface area (TPSA) is 61.8 Å². The molecule has 2 aliphatic heterocycles. The maximum atomic E-state index is 12.6. The van der Waals surface area contributed by atoms with Gasteiger partial charge in [-0.2, -0.15) is 0 Å². The summed E-state index contributed by atoms with van der Waals surface area (Å²) in [6.07, 6.45) is 1.90. The zero-order valence-electron chi connectivity index (χ0n) is 11.4. The van der Waals surface area contributed by atoms with E-state index in [4.69, 9.17) is 4.74 Å². The Kier molecular flexibility index (Phi) is 4.12. The molecule has 3 aliphatic rings. The van der Waals surface area contributed by atoms with Gasteiger partial charge < -0.3 is 20.1 Å². The fourth-order valence-electron chi connectivity index (χ4n) is 3.58. The van der Waals surface area contributed by atoms with Crippen LogP contribution in [0.5, 0.6) is 0 Å². The molecule has 5 nitrogen and oxygen atoms in total. The Hall–Kier alpha value is -0.360. The van der Waals surface area contributed by atoms with Crippen molar-refractivity contribution < 1.29 is 14.6 Å². The van der Waals surface area contributed by atoms with Crippen LogP contribution in [0.15, 0.2) is 0 Å². The summed E-state index contributed by atoms with van der Waals surface area (Å²) in [5.41, 5.74) is -0.337. The minimum atomic E-state index is -0.239. The molecule has 2 unspecified atom stereocenters. The third kappa shape index (κ3) is 2.27. The standard InChI is InChI=1S/C13H22N2O3.ClH/c1-18-9-12(2-3-12)11(17)15-5-10-4-14-6-13(10,7-15)8-16;/h10,14,16H,2-9H2,1H3;1H. The van der Waals surface area contributed by atoms with Crippen LogP contribution >= 0.6 is 12.4 Å². The zero-order chi connectivity index (χ0) is 12.8. The highest BCUT2D eigenvalue weighted by molar-refractivity contribution is 5.86. The molecule has 2 N–H and O–H groups in total. The predicted molar refractivity (Wildman–Crippen MR) is 73.2 cm³/mol. The molecule has 0 aromatic carbocycles. The van der Waals surface area contributed by atoms with Crippen LogP contribution in [0, 0.1) is 16.7 Å². The minimum Gasteiger partial charge on any atom is -0.396 e. The van der Waals surface area contributed by atoms with Gasteiger partial charge in [0.2, 0.25) is 5.91 Å². The van der Waals surface area contributed by atoms with Crippen molar-refractivity contribution in [1.29, 1.82) is 0 Å². The highest BCUT2D eigenvalue weighted by atomic mass is 35.5. The number of carbonyl (C=O) groups is 1. The van der Waals surface area contributed by atoms with Crippen LogP contribution in [-0.2, 0) is 9.53 Å². The van der Waals surface area contributed by atoms with Gasteiger partial charge in [0.1, 0.15) is 0 Å². The summed E-state index contributed by atoms with van der Waals surface area (Å²) < 4.78 is 5.19. The molecule has 0 aromatic heterocycles. The molecule has 2 atom stereocenters. The van der Waals surface area contributed by atoms with Crippen LogP contribution in [0.4, 0.5) is 0 Å². The summed E-state index contributed by atoms with van der Waals surface area (Å²) >= 11 is 0. The second-order valence-corrected chi connectivity index (χ2v) is 6.25. The van der Waals surface area contributed by atoms with E-state index in [2.05, 4.69) is 5.32 Å². The first-order chi connectivity index (χ1) is 8.66. The quantitative estimate of drug-likeness (QED) is 0.758. The average Bonchev–Trinajstić information content (AvgIpc) is 2.90. The Morgan fingerprint density at radius 2 is 2.26 bits per heavy atom. The number of nitrogens with zero attached hydrogens (tertiary/aromatic N) is 1. The van der Waals surface area contributed by atoms with E-state index in [1.165, 1.54) is 0 Å². The third-order valence-corrected chi connectivity index (χ3v) is 5.01.